The van der Waals surface area contributed by atoms with Crippen LogP contribution in [0.4, 0.5) is 4.79 Å². The monoisotopic (exact) mass is 340 g/mol. The molecule has 0 radical (unpaired) electrons. The number of methoxy groups -OCH3 is 1. The van der Waals surface area contributed by atoms with Crippen LogP contribution in [0, 0.1) is 0 Å². The summed E-state index contributed by atoms with van der Waals surface area (Å²) in [5.74, 6) is -1.73. The third-order valence-electron chi connectivity index (χ3n) is 3.12. The molecule has 3 N–H and O–H groups in total. The second-order valence-electron chi connectivity index (χ2n) is 4.79. The minimum atomic E-state index is -1.54. The van der Waals surface area contributed by atoms with Crippen LogP contribution in [0.2, 0.25) is 0 Å². The SMILES string of the molecule is COC(=O)[C@@H](C)N(NC(=O)O)C(=O)[C@H](CO)OCc1ccccc1. The van der Waals surface area contributed by atoms with E-state index >= 15 is 0 Å². The van der Waals surface area contributed by atoms with Gasteiger partial charge >= 0.3 is 12.1 Å². The Hall–Kier alpha value is -2.65. The molecule has 0 aromatic heterocycles. The molecular formula is C15H20N2O7. The quantitative estimate of drug-likeness (QED) is 0.476. The Morgan fingerprint density at radius 3 is 2.38 bits per heavy atom. The van der Waals surface area contributed by atoms with Gasteiger partial charge in [-0.15, -0.1) is 0 Å². The average molecular weight is 340 g/mol. The first-order chi connectivity index (χ1) is 11.4. The summed E-state index contributed by atoms with van der Waals surface area (Å²) in [5, 5.41) is 18.8. The van der Waals surface area contributed by atoms with Gasteiger partial charge in [0.2, 0.25) is 0 Å². The molecule has 0 aliphatic rings. The lowest BCUT2D eigenvalue weighted by Gasteiger charge is -2.29. The molecule has 132 valence electrons. The van der Waals surface area contributed by atoms with Gasteiger partial charge in [0.15, 0.2) is 6.10 Å². The molecule has 0 heterocycles. The largest absolute Gasteiger partial charge is 0.467 e. The van der Waals surface area contributed by atoms with Crippen molar-refractivity contribution in [1.29, 1.82) is 0 Å². The van der Waals surface area contributed by atoms with E-state index in [-0.39, 0.29) is 6.61 Å². The highest BCUT2D eigenvalue weighted by Gasteiger charge is 2.33. The van der Waals surface area contributed by atoms with E-state index in [1.807, 2.05) is 11.5 Å². The number of carboxylic acid groups (broad SMARTS) is 1. The molecule has 1 aromatic rings. The number of amides is 2. The molecule has 9 heteroatoms. The summed E-state index contributed by atoms with van der Waals surface area (Å²) >= 11 is 0. The maximum absolute atomic E-state index is 12.4. The van der Waals surface area contributed by atoms with E-state index in [1.165, 1.54) is 6.92 Å². The Bertz CT molecular complexity index is 564. The van der Waals surface area contributed by atoms with Crippen molar-refractivity contribution in [1.82, 2.24) is 10.4 Å². The van der Waals surface area contributed by atoms with Gasteiger partial charge in [-0.3, -0.25) is 4.79 Å². The number of aliphatic hydroxyl groups excluding tert-OH is 1. The van der Waals surface area contributed by atoms with Gasteiger partial charge in [0.05, 0.1) is 20.3 Å². The third-order valence-corrected chi connectivity index (χ3v) is 3.12. The molecule has 1 rings (SSSR count). The Morgan fingerprint density at radius 1 is 1.25 bits per heavy atom. The zero-order valence-corrected chi connectivity index (χ0v) is 13.3. The molecule has 0 spiro atoms. The Labute approximate surface area is 138 Å². The lowest BCUT2D eigenvalue weighted by atomic mass is 10.2. The van der Waals surface area contributed by atoms with Gasteiger partial charge < -0.3 is 19.7 Å². The smallest absolute Gasteiger partial charge is 0.423 e. The summed E-state index contributed by atoms with van der Waals surface area (Å²) in [6, 6.07) is 7.69. The number of hydrazine groups is 1. The lowest BCUT2D eigenvalue weighted by Crippen LogP contribution is -2.57. The van der Waals surface area contributed by atoms with Crippen LogP contribution in [0.1, 0.15) is 12.5 Å². The number of rotatable bonds is 7. The average Bonchev–Trinajstić information content (AvgIpc) is 2.59. The van der Waals surface area contributed by atoms with Crippen molar-refractivity contribution >= 4 is 18.0 Å². The van der Waals surface area contributed by atoms with Crippen LogP contribution in [0.15, 0.2) is 30.3 Å². The number of carbonyl (C=O) groups excluding carboxylic acids is 2. The van der Waals surface area contributed by atoms with E-state index in [9.17, 15) is 19.5 Å². The highest BCUT2D eigenvalue weighted by atomic mass is 16.5. The first kappa shape index (κ1) is 19.4. The minimum Gasteiger partial charge on any atom is -0.467 e. The summed E-state index contributed by atoms with van der Waals surface area (Å²) in [6.45, 7) is 0.633. The fourth-order valence-corrected chi connectivity index (χ4v) is 1.85. The Balaban J connectivity index is 2.84. The van der Waals surface area contributed by atoms with Crippen molar-refractivity contribution in [3.8, 4) is 0 Å². The molecule has 0 saturated heterocycles. The van der Waals surface area contributed by atoms with E-state index in [2.05, 4.69) is 4.74 Å². The molecule has 0 aliphatic heterocycles. The fraction of sp³-hybridized carbons (Fsp3) is 0.400. The zero-order valence-electron chi connectivity index (χ0n) is 13.3. The molecule has 9 nitrogen and oxygen atoms in total. The number of esters is 1. The van der Waals surface area contributed by atoms with Crippen LogP contribution in [0.5, 0.6) is 0 Å². The highest BCUT2D eigenvalue weighted by Crippen LogP contribution is 2.08. The van der Waals surface area contributed by atoms with Crippen LogP contribution < -0.4 is 5.43 Å². The van der Waals surface area contributed by atoms with Crippen molar-refractivity contribution in [2.75, 3.05) is 13.7 Å². The van der Waals surface area contributed by atoms with Crippen LogP contribution in [0.25, 0.3) is 0 Å². The molecule has 0 bridgehead atoms. The topological polar surface area (TPSA) is 125 Å². The van der Waals surface area contributed by atoms with Crippen molar-refractivity contribution in [2.24, 2.45) is 0 Å². The maximum Gasteiger partial charge on any atom is 0.423 e. The lowest BCUT2D eigenvalue weighted by molar-refractivity contribution is -0.162. The second kappa shape index (κ2) is 9.48. The molecule has 0 fully saturated rings. The van der Waals surface area contributed by atoms with Gasteiger partial charge in [0.25, 0.3) is 5.91 Å². The van der Waals surface area contributed by atoms with Crippen LogP contribution in [-0.2, 0) is 25.7 Å². The summed E-state index contributed by atoms with van der Waals surface area (Å²) in [6.07, 6.45) is -2.89. The van der Waals surface area contributed by atoms with E-state index in [0.29, 0.717) is 5.01 Å². The molecule has 2 atom stereocenters. The Kier molecular flexibility index (Phi) is 7.66. The predicted molar refractivity (Wildman–Crippen MR) is 81.6 cm³/mol. The Morgan fingerprint density at radius 2 is 1.88 bits per heavy atom. The van der Waals surface area contributed by atoms with Gasteiger partial charge in [-0.25, -0.2) is 20.0 Å². The number of ether oxygens (including phenoxy) is 2. The summed E-state index contributed by atoms with van der Waals surface area (Å²) in [7, 11) is 1.11. The third kappa shape index (κ3) is 5.52. The van der Waals surface area contributed by atoms with E-state index in [4.69, 9.17) is 9.84 Å². The number of aliphatic hydroxyl groups is 1. The van der Waals surface area contributed by atoms with Crippen LogP contribution >= 0.6 is 0 Å². The molecule has 0 saturated carbocycles. The molecule has 1 aromatic carbocycles. The minimum absolute atomic E-state index is 0.0331. The van der Waals surface area contributed by atoms with Crippen molar-refractivity contribution in [3.05, 3.63) is 35.9 Å². The highest BCUT2D eigenvalue weighted by molar-refractivity contribution is 5.88. The first-order valence-electron chi connectivity index (χ1n) is 7.07. The zero-order chi connectivity index (χ0) is 18.1. The molecule has 2 amide bonds. The van der Waals surface area contributed by atoms with Gasteiger partial charge in [-0.05, 0) is 12.5 Å². The summed E-state index contributed by atoms with van der Waals surface area (Å²) in [4.78, 5) is 34.8. The number of hydrogen-bond donors (Lipinski definition) is 3. The van der Waals surface area contributed by atoms with Crippen LogP contribution in [0.3, 0.4) is 0 Å². The number of carbonyl (C=O) groups is 3. The maximum atomic E-state index is 12.4. The van der Waals surface area contributed by atoms with Gasteiger partial charge in [0.1, 0.15) is 6.04 Å². The summed E-state index contributed by atoms with van der Waals surface area (Å²) in [5.41, 5.74) is 2.58. The molecular weight excluding hydrogens is 320 g/mol. The second-order valence-corrected chi connectivity index (χ2v) is 4.79. The first-order valence-corrected chi connectivity index (χ1v) is 7.07. The normalized spacial score (nSPS) is 12.8. The molecule has 24 heavy (non-hydrogen) atoms. The van der Waals surface area contributed by atoms with E-state index in [1.54, 1.807) is 24.3 Å². The number of nitrogens with zero attached hydrogens (tertiary/aromatic N) is 1. The number of nitrogens with one attached hydrogen (secondary N) is 1. The summed E-state index contributed by atoms with van der Waals surface area (Å²) < 4.78 is 9.84. The van der Waals surface area contributed by atoms with Gasteiger partial charge in [-0.1, -0.05) is 30.3 Å². The van der Waals surface area contributed by atoms with E-state index in [0.717, 1.165) is 12.7 Å². The van der Waals surface area contributed by atoms with Crippen LogP contribution in [-0.4, -0.2) is 59.1 Å². The van der Waals surface area contributed by atoms with Crippen molar-refractivity contribution in [2.45, 2.75) is 25.7 Å². The number of benzene rings is 1. The van der Waals surface area contributed by atoms with E-state index < -0.39 is 36.7 Å². The van der Waals surface area contributed by atoms with Gasteiger partial charge in [-0.2, -0.15) is 0 Å². The molecule has 0 unspecified atom stereocenters. The molecule has 0 aliphatic carbocycles. The van der Waals surface area contributed by atoms with Gasteiger partial charge in [0, 0.05) is 0 Å². The van der Waals surface area contributed by atoms with Crippen molar-refractivity contribution in [3.63, 3.8) is 0 Å². The number of hydrogen-bond acceptors (Lipinski definition) is 6. The van der Waals surface area contributed by atoms with Crippen molar-refractivity contribution < 1.29 is 34.1 Å². The fourth-order valence-electron chi connectivity index (χ4n) is 1.85. The standard InChI is InChI=1S/C15H20N2O7/c1-10(14(20)23-2)17(16-15(21)22)13(19)12(8-18)24-9-11-6-4-3-5-7-11/h3-7,10,12,16,18H,8-9H2,1-2H3,(H,21,22)/t10-,12+/m1/s1. The predicted octanol–water partition coefficient (Wildman–Crippen LogP) is 0.137.